The number of hydrogen-bond donors (Lipinski definition) is 1. The molecule has 1 aliphatic rings. The number of carbonyl (C=O) groups is 3. The zero-order valence-corrected chi connectivity index (χ0v) is 18.9. The number of anilines is 2. The number of ether oxygens (including phenoxy) is 2. The molecule has 1 aliphatic heterocycles. The molecule has 0 unspecified atom stereocenters. The maximum atomic E-state index is 12.3. The van der Waals surface area contributed by atoms with Crippen molar-refractivity contribution in [3.05, 3.63) is 65.2 Å². The largest absolute Gasteiger partial charge is 0.455 e. The van der Waals surface area contributed by atoms with Crippen molar-refractivity contribution >= 4 is 39.9 Å². The average molecular weight is 466 g/mol. The zero-order valence-electron chi connectivity index (χ0n) is 18.1. The van der Waals surface area contributed by atoms with E-state index in [1.807, 2.05) is 31.2 Å². The number of amides is 2. The third-order valence-electron chi connectivity index (χ3n) is 4.94. The Balaban J connectivity index is 1.28. The smallest absolute Gasteiger partial charge is 0.312 e. The van der Waals surface area contributed by atoms with Gasteiger partial charge in [0.2, 0.25) is 5.91 Å². The van der Waals surface area contributed by atoms with Crippen LogP contribution >= 0.6 is 11.3 Å². The standard InChI is InChI=1S/C24H23N3O5S/c1-16-8-10-18(11-9-16)32-20-6-3-2-5-19(20)26-21(28)14-31-23(30)13-17-15-33-24(25-17)27-12-4-7-22(27)29/h2-3,5-6,8-11,15H,4,7,12-14H2,1H3,(H,26,28). The molecule has 0 radical (unpaired) electrons. The van der Waals surface area contributed by atoms with Gasteiger partial charge in [-0.15, -0.1) is 11.3 Å². The molecule has 4 rings (SSSR count). The first-order chi connectivity index (χ1) is 16.0. The molecule has 8 nitrogen and oxygen atoms in total. The van der Waals surface area contributed by atoms with Crippen molar-refractivity contribution in [3.8, 4) is 11.5 Å². The van der Waals surface area contributed by atoms with Crippen molar-refractivity contribution in [2.75, 3.05) is 23.4 Å². The molecule has 33 heavy (non-hydrogen) atoms. The Morgan fingerprint density at radius 3 is 2.70 bits per heavy atom. The monoisotopic (exact) mass is 465 g/mol. The fraction of sp³-hybridized carbons (Fsp3) is 0.250. The van der Waals surface area contributed by atoms with E-state index in [0.717, 1.165) is 12.0 Å². The average Bonchev–Trinajstić information content (AvgIpc) is 3.44. The normalized spacial score (nSPS) is 13.1. The Morgan fingerprint density at radius 1 is 1.15 bits per heavy atom. The predicted molar refractivity (Wildman–Crippen MR) is 125 cm³/mol. The van der Waals surface area contributed by atoms with E-state index >= 15 is 0 Å². The van der Waals surface area contributed by atoms with Gasteiger partial charge in [0.25, 0.3) is 5.91 Å². The number of hydrogen-bond acceptors (Lipinski definition) is 7. The molecule has 0 saturated carbocycles. The van der Waals surface area contributed by atoms with Gasteiger partial charge in [0, 0.05) is 18.3 Å². The number of benzene rings is 2. The molecule has 0 atom stereocenters. The van der Waals surface area contributed by atoms with E-state index in [4.69, 9.17) is 9.47 Å². The minimum atomic E-state index is -0.570. The summed E-state index contributed by atoms with van der Waals surface area (Å²) in [5.41, 5.74) is 2.10. The summed E-state index contributed by atoms with van der Waals surface area (Å²) in [6.45, 7) is 2.20. The summed E-state index contributed by atoms with van der Waals surface area (Å²) >= 11 is 1.31. The number of rotatable bonds is 8. The van der Waals surface area contributed by atoms with Gasteiger partial charge in [0.15, 0.2) is 17.5 Å². The lowest BCUT2D eigenvalue weighted by Gasteiger charge is -2.12. The molecule has 0 spiro atoms. The highest BCUT2D eigenvalue weighted by atomic mass is 32.1. The first kappa shape index (κ1) is 22.5. The fourth-order valence-corrected chi connectivity index (χ4v) is 4.14. The molecule has 1 N–H and O–H groups in total. The molecule has 2 heterocycles. The van der Waals surface area contributed by atoms with Gasteiger partial charge in [-0.2, -0.15) is 0 Å². The molecule has 9 heteroatoms. The van der Waals surface area contributed by atoms with E-state index < -0.39 is 18.5 Å². The van der Waals surface area contributed by atoms with Crippen LogP contribution in [0.15, 0.2) is 53.9 Å². The Bertz CT molecular complexity index is 1160. The maximum absolute atomic E-state index is 12.3. The molecule has 1 aromatic heterocycles. The van der Waals surface area contributed by atoms with Crippen molar-refractivity contribution in [1.82, 2.24) is 4.98 Å². The number of thiazole rings is 1. The molecule has 2 aromatic carbocycles. The van der Waals surface area contributed by atoms with Crippen molar-refractivity contribution in [2.45, 2.75) is 26.2 Å². The van der Waals surface area contributed by atoms with E-state index in [0.29, 0.717) is 41.0 Å². The second kappa shape index (κ2) is 10.3. The molecule has 1 fully saturated rings. The topological polar surface area (TPSA) is 97.8 Å². The van der Waals surface area contributed by atoms with Gasteiger partial charge in [-0.3, -0.25) is 19.3 Å². The summed E-state index contributed by atoms with van der Waals surface area (Å²) in [4.78, 5) is 42.3. The van der Waals surface area contributed by atoms with Crippen LogP contribution in [0.1, 0.15) is 24.1 Å². The van der Waals surface area contributed by atoms with Crippen molar-refractivity contribution < 1.29 is 23.9 Å². The lowest BCUT2D eigenvalue weighted by atomic mass is 10.2. The fourth-order valence-electron chi connectivity index (χ4n) is 3.28. The molecule has 0 bridgehead atoms. The summed E-state index contributed by atoms with van der Waals surface area (Å²) in [5, 5.41) is 5.02. The SMILES string of the molecule is Cc1ccc(Oc2ccccc2NC(=O)COC(=O)Cc2csc(N3CCCC3=O)n2)cc1. The molecular formula is C24H23N3O5S. The Labute approximate surface area is 195 Å². The number of para-hydroxylation sites is 2. The summed E-state index contributed by atoms with van der Waals surface area (Å²) in [6, 6.07) is 14.6. The molecule has 2 amide bonds. The van der Waals surface area contributed by atoms with Crippen molar-refractivity contribution in [3.63, 3.8) is 0 Å². The maximum Gasteiger partial charge on any atom is 0.312 e. The van der Waals surface area contributed by atoms with Gasteiger partial charge < -0.3 is 14.8 Å². The molecule has 3 aromatic rings. The second-order valence-electron chi connectivity index (χ2n) is 7.57. The minimum absolute atomic E-state index is 0.0433. The number of carbonyl (C=O) groups excluding carboxylic acids is 3. The van der Waals surface area contributed by atoms with Gasteiger partial charge in [-0.1, -0.05) is 29.8 Å². The molecular weight excluding hydrogens is 442 g/mol. The van der Waals surface area contributed by atoms with Crippen LogP contribution in [0.25, 0.3) is 0 Å². The third-order valence-corrected chi connectivity index (χ3v) is 5.86. The summed E-state index contributed by atoms with van der Waals surface area (Å²) in [5.74, 6) is 0.116. The van der Waals surface area contributed by atoms with Crippen LogP contribution in [0.3, 0.4) is 0 Å². The van der Waals surface area contributed by atoms with Crippen LogP contribution < -0.4 is 15.0 Å². The van der Waals surface area contributed by atoms with Gasteiger partial charge in [-0.05, 0) is 37.6 Å². The van der Waals surface area contributed by atoms with Crippen LogP contribution in [0, 0.1) is 6.92 Å². The first-order valence-corrected chi connectivity index (χ1v) is 11.4. The van der Waals surface area contributed by atoms with Crippen molar-refractivity contribution in [1.29, 1.82) is 0 Å². The second-order valence-corrected chi connectivity index (χ2v) is 8.40. The zero-order chi connectivity index (χ0) is 23.2. The number of esters is 1. The minimum Gasteiger partial charge on any atom is -0.455 e. The number of nitrogens with one attached hydrogen (secondary N) is 1. The summed E-state index contributed by atoms with van der Waals surface area (Å²) in [6.07, 6.45) is 1.26. The summed E-state index contributed by atoms with van der Waals surface area (Å²) in [7, 11) is 0. The third kappa shape index (κ3) is 5.95. The van der Waals surface area contributed by atoms with E-state index in [1.54, 1.807) is 34.5 Å². The van der Waals surface area contributed by atoms with Gasteiger partial charge in [0.05, 0.1) is 17.8 Å². The lowest BCUT2D eigenvalue weighted by molar-refractivity contribution is -0.146. The van der Waals surface area contributed by atoms with Crippen LogP contribution in [-0.4, -0.2) is 35.9 Å². The van der Waals surface area contributed by atoms with Gasteiger partial charge in [-0.25, -0.2) is 4.98 Å². The van der Waals surface area contributed by atoms with Crippen molar-refractivity contribution in [2.24, 2.45) is 0 Å². The van der Waals surface area contributed by atoms with Gasteiger partial charge in [0.1, 0.15) is 5.75 Å². The Morgan fingerprint density at radius 2 is 1.94 bits per heavy atom. The van der Waals surface area contributed by atoms with Gasteiger partial charge >= 0.3 is 5.97 Å². The molecule has 170 valence electrons. The summed E-state index contributed by atoms with van der Waals surface area (Å²) < 4.78 is 11.0. The first-order valence-electron chi connectivity index (χ1n) is 10.5. The number of nitrogens with zero attached hydrogens (tertiary/aromatic N) is 2. The highest BCUT2D eigenvalue weighted by Crippen LogP contribution is 2.29. The van der Waals surface area contributed by atoms with Crippen LogP contribution in [-0.2, 0) is 25.5 Å². The van der Waals surface area contributed by atoms with E-state index in [-0.39, 0.29) is 12.3 Å². The van der Waals surface area contributed by atoms with E-state index in [2.05, 4.69) is 10.3 Å². The lowest BCUT2D eigenvalue weighted by Crippen LogP contribution is -2.23. The van der Waals surface area contributed by atoms with E-state index in [1.165, 1.54) is 11.3 Å². The molecule has 1 saturated heterocycles. The van der Waals surface area contributed by atoms with Crippen LogP contribution in [0.2, 0.25) is 0 Å². The van der Waals surface area contributed by atoms with Crippen LogP contribution in [0.4, 0.5) is 10.8 Å². The highest BCUT2D eigenvalue weighted by Gasteiger charge is 2.24. The predicted octanol–water partition coefficient (Wildman–Crippen LogP) is 4.10. The highest BCUT2D eigenvalue weighted by molar-refractivity contribution is 7.14. The van der Waals surface area contributed by atoms with E-state index in [9.17, 15) is 14.4 Å². The number of aryl methyl sites for hydroxylation is 1. The Hall–Kier alpha value is -3.72. The number of aromatic nitrogens is 1. The Kier molecular flexibility index (Phi) is 6.99. The van der Waals surface area contributed by atoms with Crippen LogP contribution in [0.5, 0.6) is 11.5 Å². The molecule has 0 aliphatic carbocycles. The quantitative estimate of drug-likeness (QED) is 0.503.